The number of rotatable bonds is 3. The van der Waals surface area contributed by atoms with Gasteiger partial charge in [-0.05, 0) is 24.1 Å². The average Bonchev–Trinajstić information content (AvgIpc) is 2.87. The van der Waals surface area contributed by atoms with Crippen molar-refractivity contribution in [2.75, 3.05) is 0 Å². The van der Waals surface area contributed by atoms with Crippen LogP contribution in [0.1, 0.15) is 11.1 Å². The van der Waals surface area contributed by atoms with Crippen LogP contribution in [0.3, 0.4) is 0 Å². The second-order valence-corrected chi connectivity index (χ2v) is 5.75. The van der Waals surface area contributed by atoms with E-state index in [1.807, 2.05) is 29.1 Å². The van der Waals surface area contributed by atoms with Gasteiger partial charge in [0.15, 0.2) is 0 Å². The van der Waals surface area contributed by atoms with Crippen LogP contribution in [-0.2, 0) is 6.54 Å². The van der Waals surface area contributed by atoms with E-state index in [1.165, 1.54) is 16.7 Å². The number of aromatic nitrogens is 2. The number of hydrogen-bond acceptors (Lipinski definition) is 1. The van der Waals surface area contributed by atoms with Crippen molar-refractivity contribution in [1.29, 1.82) is 0 Å². The topological polar surface area (TPSA) is 17.8 Å². The van der Waals surface area contributed by atoms with Crippen LogP contribution in [0, 0.1) is 6.92 Å². The Bertz CT molecular complexity index is 731. The number of aryl methyl sites for hydroxylation is 1. The van der Waals surface area contributed by atoms with E-state index in [0.29, 0.717) is 0 Å². The molecule has 0 unspecified atom stereocenters. The maximum absolute atomic E-state index is 4.45. The summed E-state index contributed by atoms with van der Waals surface area (Å²) in [6.45, 7) is 2.91. The van der Waals surface area contributed by atoms with Crippen LogP contribution in [0.25, 0.3) is 11.1 Å². The van der Waals surface area contributed by atoms with Crippen molar-refractivity contribution in [2.24, 2.45) is 0 Å². The van der Waals surface area contributed by atoms with Crippen molar-refractivity contribution in [3.63, 3.8) is 0 Å². The largest absolute Gasteiger partial charge is 0.268 e. The Hall–Kier alpha value is -1.87. The van der Waals surface area contributed by atoms with Gasteiger partial charge in [0.25, 0.3) is 0 Å². The zero-order valence-corrected chi connectivity index (χ0v) is 12.8. The number of hydrogen-bond donors (Lipinski definition) is 0. The molecule has 0 fully saturated rings. The molecule has 0 aliphatic rings. The number of halogens is 1. The molecule has 0 amide bonds. The molecule has 0 saturated heterocycles. The molecule has 0 saturated carbocycles. The van der Waals surface area contributed by atoms with Gasteiger partial charge in [0.05, 0.1) is 12.7 Å². The fourth-order valence-electron chi connectivity index (χ4n) is 2.28. The van der Waals surface area contributed by atoms with Crippen LogP contribution in [0.4, 0.5) is 0 Å². The second-order valence-electron chi connectivity index (χ2n) is 4.90. The smallest absolute Gasteiger partial charge is 0.0659 e. The van der Waals surface area contributed by atoms with Crippen molar-refractivity contribution in [3.8, 4) is 11.1 Å². The molecule has 2 aromatic carbocycles. The molecule has 2 nitrogen and oxygen atoms in total. The summed E-state index contributed by atoms with van der Waals surface area (Å²) in [6, 6.07) is 16.7. The monoisotopic (exact) mass is 326 g/mol. The van der Waals surface area contributed by atoms with Gasteiger partial charge in [0.1, 0.15) is 0 Å². The Morgan fingerprint density at radius 3 is 2.75 bits per heavy atom. The zero-order chi connectivity index (χ0) is 13.9. The first kappa shape index (κ1) is 13.1. The van der Waals surface area contributed by atoms with Gasteiger partial charge < -0.3 is 0 Å². The minimum absolute atomic E-state index is 0.798. The standard InChI is InChI=1S/C17H15BrN2/c1-13-5-4-6-14(9-13)11-20-12-15(10-19-20)16-7-2-3-8-17(16)18/h2-10,12H,11H2,1H3. The summed E-state index contributed by atoms with van der Waals surface area (Å²) >= 11 is 3.58. The molecular formula is C17H15BrN2. The van der Waals surface area contributed by atoms with Gasteiger partial charge in [-0.1, -0.05) is 64.0 Å². The lowest BCUT2D eigenvalue weighted by molar-refractivity contribution is 0.686. The minimum atomic E-state index is 0.798. The summed E-state index contributed by atoms with van der Waals surface area (Å²) in [6.07, 6.45) is 4.00. The lowest BCUT2D eigenvalue weighted by Crippen LogP contribution is -1.99. The highest BCUT2D eigenvalue weighted by Crippen LogP contribution is 2.27. The highest BCUT2D eigenvalue weighted by molar-refractivity contribution is 9.10. The molecule has 0 bridgehead atoms. The quantitative estimate of drug-likeness (QED) is 0.683. The fourth-order valence-corrected chi connectivity index (χ4v) is 2.80. The van der Waals surface area contributed by atoms with Gasteiger partial charge in [-0.3, -0.25) is 4.68 Å². The summed E-state index contributed by atoms with van der Waals surface area (Å²) < 4.78 is 3.07. The summed E-state index contributed by atoms with van der Waals surface area (Å²) in [5.74, 6) is 0. The molecule has 0 spiro atoms. The Morgan fingerprint density at radius 2 is 1.95 bits per heavy atom. The van der Waals surface area contributed by atoms with Gasteiger partial charge >= 0.3 is 0 Å². The van der Waals surface area contributed by atoms with Crippen molar-refractivity contribution in [2.45, 2.75) is 13.5 Å². The molecular weight excluding hydrogens is 312 g/mol. The van der Waals surface area contributed by atoms with Gasteiger partial charge in [0.2, 0.25) is 0 Å². The van der Waals surface area contributed by atoms with E-state index in [-0.39, 0.29) is 0 Å². The molecule has 3 heteroatoms. The van der Waals surface area contributed by atoms with E-state index in [0.717, 1.165) is 16.6 Å². The van der Waals surface area contributed by atoms with Crippen LogP contribution in [0.5, 0.6) is 0 Å². The van der Waals surface area contributed by atoms with Gasteiger partial charge in [-0.15, -0.1) is 0 Å². The predicted octanol–water partition coefficient (Wildman–Crippen LogP) is 4.67. The number of nitrogens with zero attached hydrogens (tertiary/aromatic N) is 2. The molecule has 0 N–H and O–H groups in total. The zero-order valence-electron chi connectivity index (χ0n) is 11.3. The Kier molecular flexibility index (Phi) is 3.70. The molecule has 20 heavy (non-hydrogen) atoms. The summed E-state index contributed by atoms with van der Waals surface area (Å²) in [7, 11) is 0. The maximum Gasteiger partial charge on any atom is 0.0659 e. The molecule has 0 radical (unpaired) electrons. The minimum Gasteiger partial charge on any atom is -0.268 e. The van der Waals surface area contributed by atoms with Gasteiger partial charge in [0, 0.05) is 16.2 Å². The van der Waals surface area contributed by atoms with Gasteiger partial charge in [-0.2, -0.15) is 5.10 Å². The van der Waals surface area contributed by atoms with E-state index < -0.39 is 0 Å². The lowest BCUT2D eigenvalue weighted by atomic mass is 10.1. The van der Waals surface area contributed by atoms with Crippen molar-refractivity contribution in [3.05, 3.63) is 76.5 Å². The van der Waals surface area contributed by atoms with E-state index in [9.17, 15) is 0 Å². The van der Waals surface area contributed by atoms with Crippen LogP contribution in [0.2, 0.25) is 0 Å². The molecule has 1 heterocycles. The Balaban J connectivity index is 1.86. The van der Waals surface area contributed by atoms with Crippen LogP contribution in [-0.4, -0.2) is 9.78 Å². The maximum atomic E-state index is 4.45. The normalized spacial score (nSPS) is 10.7. The van der Waals surface area contributed by atoms with E-state index in [4.69, 9.17) is 0 Å². The lowest BCUT2D eigenvalue weighted by Gasteiger charge is -2.03. The first-order chi connectivity index (χ1) is 9.72. The third-order valence-corrected chi connectivity index (χ3v) is 3.94. The summed E-state index contributed by atoms with van der Waals surface area (Å²) in [4.78, 5) is 0. The molecule has 100 valence electrons. The van der Waals surface area contributed by atoms with Crippen LogP contribution < -0.4 is 0 Å². The summed E-state index contributed by atoms with van der Waals surface area (Å²) in [5.41, 5.74) is 4.85. The Labute approximate surface area is 127 Å². The molecule has 3 rings (SSSR count). The third-order valence-electron chi connectivity index (χ3n) is 3.25. The highest BCUT2D eigenvalue weighted by Gasteiger charge is 2.05. The van der Waals surface area contributed by atoms with E-state index in [2.05, 4.69) is 64.5 Å². The molecule has 0 aliphatic carbocycles. The first-order valence-electron chi connectivity index (χ1n) is 6.55. The molecule has 1 aromatic heterocycles. The van der Waals surface area contributed by atoms with Crippen molar-refractivity contribution < 1.29 is 0 Å². The van der Waals surface area contributed by atoms with E-state index in [1.54, 1.807) is 0 Å². The van der Waals surface area contributed by atoms with Crippen LogP contribution >= 0.6 is 15.9 Å². The predicted molar refractivity (Wildman–Crippen MR) is 85.6 cm³/mol. The fraction of sp³-hybridized carbons (Fsp3) is 0.118. The number of benzene rings is 2. The van der Waals surface area contributed by atoms with Crippen molar-refractivity contribution in [1.82, 2.24) is 9.78 Å². The SMILES string of the molecule is Cc1cccc(Cn2cc(-c3ccccc3Br)cn2)c1. The molecule has 0 atom stereocenters. The van der Waals surface area contributed by atoms with E-state index >= 15 is 0 Å². The molecule has 3 aromatic rings. The Morgan fingerprint density at radius 1 is 1.10 bits per heavy atom. The first-order valence-corrected chi connectivity index (χ1v) is 7.34. The summed E-state index contributed by atoms with van der Waals surface area (Å²) in [5, 5.41) is 4.45. The van der Waals surface area contributed by atoms with Crippen LogP contribution in [0.15, 0.2) is 65.4 Å². The third kappa shape index (κ3) is 2.83. The highest BCUT2D eigenvalue weighted by atomic mass is 79.9. The second kappa shape index (κ2) is 5.63. The van der Waals surface area contributed by atoms with Crippen molar-refractivity contribution >= 4 is 15.9 Å². The average molecular weight is 327 g/mol. The molecule has 0 aliphatic heterocycles. The van der Waals surface area contributed by atoms with Gasteiger partial charge in [-0.25, -0.2) is 0 Å².